The zero-order valence-corrected chi connectivity index (χ0v) is 17.3. The first-order chi connectivity index (χ1) is 10.9. The minimum Gasteiger partial charge on any atom is -0.302 e. The Morgan fingerprint density at radius 3 is 2.08 bits per heavy atom. The highest BCUT2D eigenvalue weighted by molar-refractivity contribution is 7.91. The van der Waals surface area contributed by atoms with Gasteiger partial charge in [0.1, 0.15) is 0 Å². The summed E-state index contributed by atoms with van der Waals surface area (Å²) in [5, 5.41) is 0. The maximum Gasteiger partial charge on any atom is 0.152 e. The maximum atomic E-state index is 11.6. The van der Waals surface area contributed by atoms with Crippen molar-refractivity contribution in [1.82, 2.24) is 14.7 Å². The third kappa shape index (κ3) is 5.16. The largest absolute Gasteiger partial charge is 0.302 e. The highest BCUT2D eigenvalue weighted by Gasteiger charge is 2.35. The van der Waals surface area contributed by atoms with Gasteiger partial charge in [0.25, 0.3) is 0 Å². The summed E-state index contributed by atoms with van der Waals surface area (Å²) < 4.78 is 23.3. The molecule has 6 heteroatoms. The molecule has 5 nitrogen and oxygen atoms in total. The molecule has 1 atom stereocenters. The summed E-state index contributed by atoms with van der Waals surface area (Å²) >= 11 is 0. The molecule has 2 heterocycles. The Bertz CT molecular complexity index is 511. The Kier molecular flexibility index (Phi) is 6.06. The first-order valence-electron chi connectivity index (χ1n) is 9.31. The van der Waals surface area contributed by atoms with Crippen LogP contribution in [0.1, 0.15) is 47.5 Å². The Morgan fingerprint density at radius 1 is 1.00 bits per heavy atom. The van der Waals surface area contributed by atoms with Gasteiger partial charge in [0, 0.05) is 43.3 Å². The number of hydrogen-bond acceptors (Lipinski definition) is 5. The molecule has 0 aromatic carbocycles. The minimum atomic E-state index is -2.80. The van der Waals surface area contributed by atoms with Crippen LogP contribution in [0.2, 0.25) is 0 Å². The lowest BCUT2D eigenvalue weighted by Crippen LogP contribution is -2.53. The molecule has 0 spiro atoms. The summed E-state index contributed by atoms with van der Waals surface area (Å²) in [6, 6.07) is 0.641. The molecule has 0 bridgehead atoms. The first-order valence-corrected chi connectivity index (χ1v) is 11.1. The molecule has 2 saturated heterocycles. The monoisotopic (exact) mass is 359 g/mol. The standard InChI is InChI=1S/C18H37N3O2S/c1-17(2,3)21-9-7-16(15-21)19(6)10-8-18(4,5)20-11-13-24(22,23)14-12-20/h16H,7-15H2,1-6H3. The molecule has 0 N–H and O–H groups in total. The van der Waals surface area contributed by atoms with Gasteiger partial charge < -0.3 is 4.90 Å². The molecular formula is C18H37N3O2S. The summed E-state index contributed by atoms with van der Waals surface area (Å²) in [6.45, 7) is 16.2. The molecule has 2 rings (SSSR count). The fourth-order valence-electron chi connectivity index (χ4n) is 3.82. The second kappa shape index (κ2) is 7.22. The van der Waals surface area contributed by atoms with Gasteiger partial charge in [-0.3, -0.25) is 9.80 Å². The van der Waals surface area contributed by atoms with E-state index >= 15 is 0 Å². The van der Waals surface area contributed by atoms with Crippen LogP contribution in [0.25, 0.3) is 0 Å². The second-order valence-electron chi connectivity index (χ2n) is 9.24. The van der Waals surface area contributed by atoms with Crippen LogP contribution in [0.15, 0.2) is 0 Å². The van der Waals surface area contributed by atoms with Crippen molar-refractivity contribution in [2.75, 3.05) is 51.3 Å². The molecule has 142 valence electrons. The maximum absolute atomic E-state index is 11.6. The predicted molar refractivity (Wildman–Crippen MR) is 101 cm³/mol. The van der Waals surface area contributed by atoms with Crippen molar-refractivity contribution >= 4 is 9.84 Å². The number of rotatable bonds is 5. The summed E-state index contributed by atoms with van der Waals surface area (Å²) in [4.78, 5) is 7.45. The van der Waals surface area contributed by atoms with E-state index < -0.39 is 9.84 Å². The van der Waals surface area contributed by atoms with E-state index in [-0.39, 0.29) is 11.1 Å². The highest BCUT2D eigenvalue weighted by atomic mass is 32.2. The first kappa shape index (κ1) is 20.1. The molecule has 2 aliphatic heterocycles. The van der Waals surface area contributed by atoms with Gasteiger partial charge in [-0.1, -0.05) is 0 Å². The zero-order valence-electron chi connectivity index (χ0n) is 16.5. The van der Waals surface area contributed by atoms with Gasteiger partial charge in [-0.15, -0.1) is 0 Å². The van der Waals surface area contributed by atoms with Gasteiger partial charge in [0.2, 0.25) is 0 Å². The number of sulfone groups is 1. The molecule has 0 radical (unpaired) electrons. The summed E-state index contributed by atoms with van der Waals surface area (Å²) in [7, 11) is -0.554. The number of hydrogen-bond donors (Lipinski definition) is 0. The van der Waals surface area contributed by atoms with E-state index in [1.54, 1.807) is 0 Å². The predicted octanol–water partition coefficient (Wildman–Crippen LogP) is 1.69. The molecule has 24 heavy (non-hydrogen) atoms. The van der Waals surface area contributed by atoms with Crippen LogP contribution in [0, 0.1) is 0 Å². The minimum absolute atomic E-state index is 0.0620. The van der Waals surface area contributed by atoms with E-state index in [0.717, 1.165) is 19.5 Å². The van der Waals surface area contributed by atoms with Crippen molar-refractivity contribution < 1.29 is 8.42 Å². The van der Waals surface area contributed by atoms with E-state index in [1.165, 1.54) is 13.0 Å². The van der Waals surface area contributed by atoms with Crippen molar-refractivity contribution in [3.8, 4) is 0 Å². The number of likely N-dealkylation sites (N-methyl/N-ethyl adjacent to an activating group) is 1. The van der Waals surface area contributed by atoms with Crippen molar-refractivity contribution in [2.45, 2.75) is 64.6 Å². The normalized spacial score (nSPS) is 27.0. The van der Waals surface area contributed by atoms with E-state index in [0.29, 0.717) is 30.6 Å². The SMILES string of the molecule is CN(CCC(C)(C)N1CCS(=O)(=O)CC1)C1CCN(C(C)(C)C)C1. The number of nitrogens with zero attached hydrogens (tertiary/aromatic N) is 3. The Labute approximate surface area is 149 Å². The van der Waals surface area contributed by atoms with Crippen LogP contribution in [0.5, 0.6) is 0 Å². The molecule has 2 aliphatic rings. The van der Waals surface area contributed by atoms with Crippen LogP contribution in [0.3, 0.4) is 0 Å². The molecule has 0 saturated carbocycles. The fraction of sp³-hybridized carbons (Fsp3) is 1.00. The molecule has 0 aromatic heterocycles. The third-order valence-electron chi connectivity index (χ3n) is 6.01. The summed E-state index contributed by atoms with van der Waals surface area (Å²) in [5.74, 6) is 0.630. The van der Waals surface area contributed by atoms with Gasteiger partial charge in [-0.05, 0) is 61.1 Å². The zero-order chi connectivity index (χ0) is 18.2. The smallest absolute Gasteiger partial charge is 0.152 e. The average molecular weight is 360 g/mol. The molecule has 0 amide bonds. The average Bonchev–Trinajstić information content (AvgIpc) is 2.94. The van der Waals surface area contributed by atoms with E-state index in [4.69, 9.17) is 0 Å². The Hall–Kier alpha value is -0.170. The van der Waals surface area contributed by atoms with Crippen LogP contribution in [-0.4, -0.2) is 91.5 Å². The molecule has 0 aromatic rings. The topological polar surface area (TPSA) is 43.9 Å². The van der Waals surface area contributed by atoms with Crippen LogP contribution >= 0.6 is 0 Å². The quantitative estimate of drug-likeness (QED) is 0.747. The van der Waals surface area contributed by atoms with Crippen LogP contribution in [0.4, 0.5) is 0 Å². The van der Waals surface area contributed by atoms with Crippen molar-refractivity contribution in [1.29, 1.82) is 0 Å². The van der Waals surface area contributed by atoms with Gasteiger partial charge >= 0.3 is 0 Å². The van der Waals surface area contributed by atoms with Gasteiger partial charge in [-0.25, -0.2) is 8.42 Å². The van der Waals surface area contributed by atoms with Crippen LogP contribution < -0.4 is 0 Å². The molecule has 1 unspecified atom stereocenters. The van der Waals surface area contributed by atoms with Crippen LogP contribution in [-0.2, 0) is 9.84 Å². The van der Waals surface area contributed by atoms with Crippen molar-refractivity contribution in [2.24, 2.45) is 0 Å². The third-order valence-corrected chi connectivity index (χ3v) is 7.62. The van der Waals surface area contributed by atoms with Gasteiger partial charge in [0.15, 0.2) is 9.84 Å². The van der Waals surface area contributed by atoms with Crippen molar-refractivity contribution in [3.05, 3.63) is 0 Å². The Balaban J connectivity index is 1.82. The van der Waals surface area contributed by atoms with Gasteiger partial charge in [-0.2, -0.15) is 0 Å². The van der Waals surface area contributed by atoms with E-state index in [1.807, 2.05) is 0 Å². The lowest BCUT2D eigenvalue weighted by Gasteiger charge is -2.42. The molecule has 0 aliphatic carbocycles. The lowest BCUT2D eigenvalue weighted by molar-refractivity contribution is 0.0989. The molecular weight excluding hydrogens is 322 g/mol. The van der Waals surface area contributed by atoms with E-state index in [2.05, 4.69) is 56.4 Å². The highest BCUT2D eigenvalue weighted by Crippen LogP contribution is 2.25. The summed E-state index contributed by atoms with van der Waals surface area (Å²) in [5.41, 5.74) is 0.320. The lowest BCUT2D eigenvalue weighted by atomic mass is 9.97. The van der Waals surface area contributed by atoms with Crippen molar-refractivity contribution in [3.63, 3.8) is 0 Å². The van der Waals surface area contributed by atoms with E-state index in [9.17, 15) is 8.42 Å². The fourth-order valence-corrected chi connectivity index (χ4v) is 5.02. The second-order valence-corrected chi connectivity index (χ2v) is 11.5. The number of likely N-dealkylation sites (tertiary alicyclic amines) is 1. The summed E-state index contributed by atoms with van der Waals surface area (Å²) in [6.07, 6.45) is 2.33. The van der Waals surface area contributed by atoms with Gasteiger partial charge in [0.05, 0.1) is 11.5 Å². The Morgan fingerprint density at radius 2 is 1.58 bits per heavy atom. The molecule has 2 fully saturated rings.